The van der Waals surface area contributed by atoms with Crippen LogP contribution in [0.4, 0.5) is 0 Å². The Morgan fingerprint density at radius 3 is 2.29 bits per heavy atom. The maximum Gasteiger partial charge on any atom is -0.109 e. The molecule has 0 nitrogen and oxygen atoms in total. The molecule has 3 heteroatoms. The minimum atomic E-state index is 0. The first-order valence-corrected chi connectivity index (χ1v) is 10.4. The predicted octanol–water partition coefficient (Wildman–Crippen LogP) is -0.572. The van der Waals surface area contributed by atoms with E-state index in [1.54, 1.807) is 3.26 Å². The van der Waals surface area contributed by atoms with Crippen LogP contribution in [0, 0.1) is 36.2 Å². The van der Waals surface area contributed by atoms with Crippen LogP contribution in [-0.4, -0.2) is 3.26 Å². The summed E-state index contributed by atoms with van der Waals surface area (Å²) in [4.78, 5) is 0. The van der Waals surface area contributed by atoms with Crippen molar-refractivity contribution < 1.29 is 48.7 Å². The number of halogens is 2. The van der Waals surface area contributed by atoms with Crippen molar-refractivity contribution in [3.8, 4) is 0 Å². The maximum atomic E-state index is 2.99. The van der Waals surface area contributed by atoms with Gasteiger partial charge in [-0.3, -0.25) is 6.08 Å². The molecule has 24 heavy (non-hydrogen) atoms. The zero-order valence-corrected chi connectivity index (χ0v) is 19.8. The molecular weight excluding hydrogens is 502 g/mol. The molecule has 0 radical (unpaired) electrons. The van der Waals surface area contributed by atoms with Gasteiger partial charge >= 0.3 is 41.0 Å². The van der Waals surface area contributed by atoms with Gasteiger partial charge in [-0.2, -0.15) is 12.0 Å². The SMILES string of the molecule is C1=CC2[CH-]C3CCCCC3C2C=C1.C[C](C)=[Hf+2].[C-]1=CC=CC1.[Cl-].[Cl-]. The number of hydrogen-bond donors (Lipinski definition) is 0. The largest absolute Gasteiger partial charge is 1.00 e. The van der Waals surface area contributed by atoms with E-state index < -0.39 is 0 Å². The van der Waals surface area contributed by atoms with Crippen LogP contribution in [0.5, 0.6) is 0 Å². The van der Waals surface area contributed by atoms with E-state index in [1.165, 1.54) is 49.6 Å². The van der Waals surface area contributed by atoms with Crippen molar-refractivity contribution in [1.29, 1.82) is 0 Å². The molecule has 0 aromatic rings. The molecule has 0 bridgehead atoms. The van der Waals surface area contributed by atoms with Gasteiger partial charge in [-0.15, -0.1) is 18.4 Å². The quantitative estimate of drug-likeness (QED) is 0.291. The van der Waals surface area contributed by atoms with E-state index in [-0.39, 0.29) is 24.8 Å². The topological polar surface area (TPSA) is 0 Å². The van der Waals surface area contributed by atoms with Gasteiger partial charge in [0.2, 0.25) is 0 Å². The molecule has 0 aromatic heterocycles. The number of fused-ring (bicyclic) bond motifs is 3. The van der Waals surface area contributed by atoms with E-state index in [0.717, 1.165) is 30.1 Å². The van der Waals surface area contributed by atoms with Gasteiger partial charge in [0.15, 0.2) is 0 Å². The third-order valence-electron chi connectivity index (χ3n) is 4.65. The second-order valence-electron chi connectivity index (χ2n) is 6.73. The van der Waals surface area contributed by atoms with E-state index in [1.807, 2.05) is 12.2 Å². The van der Waals surface area contributed by atoms with Crippen molar-refractivity contribution >= 4 is 3.26 Å². The van der Waals surface area contributed by atoms with Crippen molar-refractivity contribution in [3.63, 3.8) is 0 Å². The minimum absolute atomic E-state index is 0. The Balaban J connectivity index is 0.000000409. The Kier molecular flexibility index (Phi) is 13.6. The molecule has 4 rings (SSSR count). The molecule has 0 spiro atoms. The van der Waals surface area contributed by atoms with Gasteiger partial charge < -0.3 is 31.2 Å². The first-order valence-electron chi connectivity index (χ1n) is 8.62. The van der Waals surface area contributed by atoms with Crippen LogP contribution in [0.1, 0.15) is 46.0 Å². The summed E-state index contributed by atoms with van der Waals surface area (Å²) in [6, 6.07) is 0. The maximum absolute atomic E-state index is 2.99. The van der Waals surface area contributed by atoms with Crippen molar-refractivity contribution in [3.05, 3.63) is 55.0 Å². The van der Waals surface area contributed by atoms with Crippen molar-refractivity contribution in [2.24, 2.45) is 23.7 Å². The smallest absolute Gasteiger partial charge is 0.109 e. The fourth-order valence-electron chi connectivity index (χ4n) is 3.79. The van der Waals surface area contributed by atoms with Crippen LogP contribution in [-0.2, 0) is 23.9 Å². The molecule has 0 aliphatic heterocycles. The first kappa shape index (κ1) is 24.3. The Bertz CT molecular complexity index is 462. The van der Waals surface area contributed by atoms with Gasteiger partial charge in [0.25, 0.3) is 0 Å². The minimum Gasteiger partial charge on any atom is -1.00 e. The van der Waals surface area contributed by atoms with Gasteiger partial charge in [0, 0.05) is 0 Å². The standard InChI is InChI=1S/C13H17.C5H5.C3H6.2ClH.Hf/c1-3-7-12-10(5-1)9-11-6-2-4-8-13(11)12;1-2-4-5-3-1;1-3-2;;;/h1,3,5,7,9-13H,2,4,6,8H2;1-3H,4H2;1-2H3;2*1H;/q2*-1;;;;+2/p-2. The third kappa shape index (κ3) is 8.11. The second kappa shape index (κ2) is 13.5. The fourth-order valence-corrected chi connectivity index (χ4v) is 3.79. The molecule has 132 valence electrons. The zero-order chi connectivity index (χ0) is 15.8. The van der Waals surface area contributed by atoms with Crippen LogP contribution >= 0.6 is 0 Å². The molecule has 0 saturated heterocycles. The molecule has 0 heterocycles. The first-order chi connectivity index (χ1) is 10.7. The molecule has 2 saturated carbocycles. The van der Waals surface area contributed by atoms with E-state index in [0.29, 0.717) is 0 Å². The normalized spacial score (nSPS) is 30.5. The molecule has 4 unspecified atom stereocenters. The molecule has 4 aliphatic rings. The van der Waals surface area contributed by atoms with Gasteiger partial charge in [-0.25, -0.2) is 12.2 Å². The summed E-state index contributed by atoms with van der Waals surface area (Å²) in [5, 5.41) is 0. The predicted molar refractivity (Wildman–Crippen MR) is 92.9 cm³/mol. The van der Waals surface area contributed by atoms with E-state index >= 15 is 0 Å². The Morgan fingerprint density at radius 1 is 1.04 bits per heavy atom. The molecule has 4 atom stereocenters. The fraction of sp³-hybridized carbons (Fsp3) is 0.524. The van der Waals surface area contributed by atoms with Crippen molar-refractivity contribution in [2.45, 2.75) is 46.0 Å². The summed E-state index contributed by atoms with van der Waals surface area (Å²) in [6.07, 6.45) is 27.8. The van der Waals surface area contributed by atoms with Gasteiger partial charge in [0.05, 0.1) is 0 Å². The van der Waals surface area contributed by atoms with Crippen LogP contribution in [0.3, 0.4) is 0 Å². The van der Waals surface area contributed by atoms with Crippen molar-refractivity contribution in [2.75, 3.05) is 0 Å². The molecule has 0 aromatic carbocycles. The molecule has 2 fully saturated rings. The monoisotopic (exact) mass is 530 g/mol. The Morgan fingerprint density at radius 2 is 1.71 bits per heavy atom. The molecule has 0 amide bonds. The molecule has 0 N–H and O–H groups in total. The number of hydrogen-bond acceptors (Lipinski definition) is 0. The van der Waals surface area contributed by atoms with Gasteiger partial charge in [-0.1, -0.05) is 49.8 Å². The summed E-state index contributed by atoms with van der Waals surface area (Å²) in [6.45, 7) is 4.29. The van der Waals surface area contributed by atoms with E-state index in [2.05, 4.69) is 56.7 Å². The Labute approximate surface area is 175 Å². The number of allylic oxidation sites excluding steroid dienone is 8. The number of rotatable bonds is 0. The summed E-state index contributed by atoms with van der Waals surface area (Å²) in [7, 11) is 0. The van der Waals surface area contributed by atoms with E-state index in [4.69, 9.17) is 0 Å². The average molecular weight is 530 g/mol. The van der Waals surface area contributed by atoms with Crippen LogP contribution in [0.25, 0.3) is 0 Å². The van der Waals surface area contributed by atoms with Crippen LogP contribution in [0.2, 0.25) is 0 Å². The molecular formula is C21H28Cl2Hf-2. The summed E-state index contributed by atoms with van der Waals surface area (Å²) >= 11 is 1.27. The van der Waals surface area contributed by atoms with Crippen LogP contribution in [0.15, 0.2) is 42.5 Å². The summed E-state index contributed by atoms with van der Waals surface area (Å²) in [5.74, 6) is 3.56. The summed E-state index contributed by atoms with van der Waals surface area (Å²) < 4.78 is 1.56. The third-order valence-corrected chi connectivity index (χ3v) is 4.65. The van der Waals surface area contributed by atoms with Gasteiger partial charge in [-0.05, 0) is 5.92 Å². The second-order valence-corrected chi connectivity index (χ2v) is 10.3. The Hall–Kier alpha value is 0.280. The molecule has 4 aliphatic carbocycles. The zero-order valence-electron chi connectivity index (χ0n) is 14.7. The average Bonchev–Trinajstić information content (AvgIpc) is 3.18. The van der Waals surface area contributed by atoms with Crippen molar-refractivity contribution in [1.82, 2.24) is 0 Å². The van der Waals surface area contributed by atoms with E-state index in [9.17, 15) is 0 Å². The van der Waals surface area contributed by atoms with Gasteiger partial charge in [0.1, 0.15) is 0 Å². The summed E-state index contributed by atoms with van der Waals surface area (Å²) in [5.41, 5.74) is 0. The van der Waals surface area contributed by atoms with Crippen LogP contribution < -0.4 is 24.8 Å².